The van der Waals surface area contributed by atoms with Gasteiger partial charge >= 0.3 is 0 Å². The molecule has 1 heterocycles. The zero-order valence-electron chi connectivity index (χ0n) is 9.31. The van der Waals surface area contributed by atoms with E-state index in [9.17, 15) is 0 Å². The van der Waals surface area contributed by atoms with Crippen LogP contribution in [0.15, 0.2) is 18.2 Å². The third kappa shape index (κ3) is 3.36. The molecular formula is C12H18Cl2N2+2. The molecule has 1 saturated heterocycles. The summed E-state index contributed by atoms with van der Waals surface area (Å²) in [6.07, 6.45) is 2.45. The van der Waals surface area contributed by atoms with Crippen LogP contribution >= 0.6 is 23.2 Å². The second-order valence-electron chi connectivity index (χ2n) is 4.65. The number of rotatable bonds is 2. The van der Waals surface area contributed by atoms with E-state index in [0.717, 1.165) is 16.6 Å². The molecule has 16 heavy (non-hydrogen) atoms. The van der Waals surface area contributed by atoms with Crippen LogP contribution < -0.4 is 10.6 Å². The maximum atomic E-state index is 5.99. The van der Waals surface area contributed by atoms with Gasteiger partial charge in [-0.2, -0.15) is 0 Å². The molecule has 88 valence electrons. The molecule has 0 saturated carbocycles. The summed E-state index contributed by atoms with van der Waals surface area (Å²) in [6, 6.07) is 6.45. The van der Waals surface area contributed by atoms with Crippen LogP contribution in [0.4, 0.5) is 0 Å². The minimum atomic E-state index is 0.645. The summed E-state index contributed by atoms with van der Waals surface area (Å²) < 4.78 is 0. The van der Waals surface area contributed by atoms with Crippen LogP contribution in [0.5, 0.6) is 0 Å². The highest BCUT2D eigenvalue weighted by Gasteiger charge is 2.21. The molecule has 4 heteroatoms. The van der Waals surface area contributed by atoms with E-state index in [4.69, 9.17) is 23.2 Å². The van der Waals surface area contributed by atoms with Crippen molar-refractivity contribution >= 4 is 23.2 Å². The van der Waals surface area contributed by atoms with E-state index in [1.807, 2.05) is 12.1 Å². The van der Waals surface area contributed by atoms with Gasteiger partial charge in [0.05, 0.1) is 19.1 Å². The zero-order valence-corrected chi connectivity index (χ0v) is 10.8. The van der Waals surface area contributed by atoms with Crippen molar-refractivity contribution in [1.82, 2.24) is 0 Å². The molecule has 0 atom stereocenters. The third-order valence-corrected chi connectivity index (χ3v) is 3.63. The lowest BCUT2D eigenvalue weighted by Gasteiger charge is -2.25. The van der Waals surface area contributed by atoms with Gasteiger partial charge in [-0.15, -0.1) is 0 Å². The molecule has 1 aliphatic rings. The SMILES string of the molecule is [NH3+]C1CC[NH+](Cc2cc(Cl)cc(Cl)c2)CC1. The van der Waals surface area contributed by atoms with E-state index in [-0.39, 0.29) is 0 Å². The topological polar surface area (TPSA) is 32.1 Å². The molecular weight excluding hydrogens is 243 g/mol. The Morgan fingerprint density at radius 2 is 1.69 bits per heavy atom. The predicted molar refractivity (Wildman–Crippen MR) is 66.8 cm³/mol. The van der Waals surface area contributed by atoms with Gasteiger partial charge in [0.15, 0.2) is 0 Å². The Morgan fingerprint density at radius 3 is 2.25 bits per heavy atom. The standard InChI is InChI=1S/C12H16Cl2N2/c13-10-5-9(6-11(14)7-10)8-16-3-1-12(15)2-4-16/h5-7,12H,1-4,8,15H2/p+2. The van der Waals surface area contributed by atoms with Gasteiger partial charge in [-0.3, -0.25) is 0 Å². The molecule has 0 aliphatic carbocycles. The number of quaternary nitrogens is 2. The van der Waals surface area contributed by atoms with Gasteiger partial charge in [0.1, 0.15) is 6.54 Å². The molecule has 2 rings (SSSR count). The van der Waals surface area contributed by atoms with Crippen LogP contribution in [0.1, 0.15) is 18.4 Å². The van der Waals surface area contributed by atoms with Crippen molar-refractivity contribution < 1.29 is 10.6 Å². The lowest BCUT2D eigenvalue weighted by atomic mass is 10.1. The van der Waals surface area contributed by atoms with Crippen molar-refractivity contribution in [3.8, 4) is 0 Å². The maximum Gasteiger partial charge on any atom is 0.103 e. The summed E-state index contributed by atoms with van der Waals surface area (Å²) in [5, 5.41) is 1.46. The van der Waals surface area contributed by atoms with Gasteiger partial charge in [0, 0.05) is 28.5 Å². The first kappa shape index (κ1) is 12.2. The first-order chi connectivity index (χ1) is 7.63. The third-order valence-electron chi connectivity index (χ3n) is 3.19. The van der Waals surface area contributed by atoms with E-state index in [1.54, 1.807) is 11.0 Å². The van der Waals surface area contributed by atoms with Crippen molar-refractivity contribution in [3.05, 3.63) is 33.8 Å². The summed E-state index contributed by atoms with van der Waals surface area (Å²) in [5.41, 5.74) is 5.34. The van der Waals surface area contributed by atoms with Crippen LogP contribution in [0.25, 0.3) is 0 Å². The molecule has 1 fully saturated rings. The Balaban J connectivity index is 1.98. The van der Waals surface area contributed by atoms with Gasteiger partial charge in [-0.05, 0) is 18.2 Å². The van der Waals surface area contributed by atoms with Crippen LogP contribution in [-0.2, 0) is 6.54 Å². The Kier molecular flexibility index (Phi) is 4.09. The predicted octanol–water partition coefficient (Wildman–Crippen LogP) is 0.783. The zero-order chi connectivity index (χ0) is 11.5. The van der Waals surface area contributed by atoms with Gasteiger partial charge in [-0.25, -0.2) is 0 Å². The fraction of sp³-hybridized carbons (Fsp3) is 0.500. The highest BCUT2D eigenvalue weighted by molar-refractivity contribution is 6.34. The molecule has 0 aromatic heterocycles. The molecule has 4 N–H and O–H groups in total. The average molecular weight is 261 g/mol. The van der Waals surface area contributed by atoms with Crippen molar-refractivity contribution in [3.63, 3.8) is 0 Å². The smallest absolute Gasteiger partial charge is 0.103 e. The summed E-state index contributed by atoms with van der Waals surface area (Å²) in [4.78, 5) is 1.61. The molecule has 0 radical (unpaired) electrons. The molecule has 1 aliphatic heterocycles. The lowest BCUT2D eigenvalue weighted by Crippen LogP contribution is -3.12. The summed E-state index contributed by atoms with van der Waals surface area (Å²) in [6.45, 7) is 3.43. The largest absolute Gasteiger partial charge is 0.355 e. The normalized spacial score (nSPS) is 25.7. The summed E-state index contributed by atoms with van der Waals surface area (Å²) in [7, 11) is 0. The quantitative estimate of drug-likeness (QED) is 0.788. The molecule has 0 spiro atoms. The van der Waals surface area contributed by atoms with E-state index < -0.39 is 0 Å². The minimum Gasteiger partial charge on any atom is -0.355 e. The second-order valence-corrected chi connectivity index (χ2v) is 5.52. The first-order valence-corrected chi connectivity index (χ1v) is 6.50. The number of hydrogen-bond donors (Lipinski definition) is 2. The van der Waals surface area contributed by atoms with E-state index in [0.29, 0.717) is 6.04 Å². The van der Waals surface area contributed by atoms with Gasteiger partial charge < -0.3 is 10.6 Å². The van der Waals surface area contributed by atoms with Crippen LogP contribution in [0.2, 0.25) is 10.0 Å². The van der Waals surface area contributed by atoms with Gasteiger partial charge in [-0.1, -0.05) is 23.2 Å². The fourth-order valence-electron chi connectivity index (χ4n) is 2.26. The molecule has 1 aromatic carbocycles. The fourth-order valence-corrected chi connectivity index (χ4v) is 2.84. The Hall–Kier alpha value is -0.280. The van der Waals surface area contributed by atoms with Crippen molar-refractivity contribution in [2.24, 2.45) is 0 Å². The number of halogens is 2. The van der Waals surface area contributed by atoms with Gasteiger partial charge in [0.25, 0.3) is 0 Å². The first-order valence-electron chi connectivity index (χ1n) is 5.75. The molecule has 2 nitrogen and oxygen atoms in total. The van der Waals surface area contributed by atoms with E-state index in [2.05, 4.69) is 5.73 Å². The monoisotopic (exact) mass is 260 g/mol. The van der Waals surface area contributed by atoms with Crippen LogP contribution in [-0.4, -0.2) is 19.1 Å². The highest BCUT2D eigenvalue weighted by Crippen LogP contribution is 2.18. The number of likely N-dealkylation sites (tertiary alicyclic amines) is 1. The second kappa shape index (κ2) is 5.37. The lowest BCUT2D eigenvalue weighted by molar-refractivity contribution is -0.922. The molecule has 0 unspecified atom stereocenters. The molecule has 0 bridgehead atoms. The van der Waals surface area contributed by atoms with Crippen molar-refractivity contribution in [2.75, 3.05) is 13.1 Å². The Morgan fingerprint density at radius 1 is 1.12 bits per heavy atom. The van der Waals surface area contributed by atoms with Crippen molar-refractivity contribution in [1.29, 1.82) is 0 Å². The van der Waals surface area contributed by atoms with E-state index >= 15 is 0 Å². The van der Waals surface area contributed by atoms with Crippen LogP contribution in [0, 0.1) is 0 Å². The molecule has 1 aromatic rings. The van der Waals surface area contributed by atoms with Crippen LogP contribution in [0.3, 0.4) is 0 Å². The number of piperidine rings is 1. The number of nitrogens with one attached hydrogen (secondary N) is 1. The Labute approximate surface area is 106 Å². The highest BCUT2D eigenvalue weighted by atomic mass is 35.5. The van der Waals surface area contributed by atoms with Gasteiger partial charge in [0.2, 0.25) is 0 Å². The van der Waals surface area contributed by atoms with E-state index in [1.165, 1.54) is 31.5 Å². The number of hydrogen-bond acceptors (Lipinski definition) is 0. The number of benzene rings is 1. The maximum absolute atomic E-state index is 5.99. The molecule has 0 amide bonds. The average Bonchev–Trinajstić information content (AvgIpc) is 2.20. The summed E-state index contributed by atoms with van der Waals surface area (Å²) >= 11 is 12.0. The summed E-state index contributed by atoms with van der Waals surface area (Å²) in [5.74, 6) is 0. The van der Waals surface area contributed by atoms with Crippen molar-refractivity contribution in [2.45, 2.75) is 25.4 Å². The minimum absolute atomic E-state index is 0.645. The Bertz CT molecular complexity index is 340.